The number of hydrogen-bond donors (Lipinski definition) is 0. The zero-order valence-corrected chi connectivity index (χ0v) is 25.1. The normalized spacial score (nSPS) is 25.9. The SMILES string of the molecule is CCC1CC(N2CCC(c3ccc4nc(-c5ccc(S(C)(=O)=O)cc5)n(C)c4c3F)CC2)CC(C)N1C1CCC1. The molecule has 2 aliphatic heterocycles. The molecule has 3 atom stereocenters. The van der Waals surface area contributed by atoms with Gasteiger partial charge in [-0.15, -0.1) is 0 Å². The number of fused-ring (bicyclic) bond motifs is 1. The minimum Gasteiger partial charge on any atom is -0.325 e. The Kier molecular flexibility index (Phi) is 7.55. The second-order valence-corrected chi connectivity index (χ2v) is 14.5. The molecule has 216 valence electrons. The van der Waals surface area contributed by atoms with E-state index in [1.165, 1.54) is 44.8 Å². The highest BCUT2D eigenvalue weighted by atomic mass is 32.2. The van der Waals surface area contributed by atoms with Gasteiger partial charge in [-0.25, -0.2) is 17.8 Å². The van der Waals surface area contributed by atoms with Crippen LogP contribution in [0.15, 0.2) is 41.3 Å². The van der Waals surface area contributed by atoms with Gasteiger partial charge in [0, 0.05) is 43.0 Å². The molecule has 3 heterocycles. The molecule has 6 rings (SSSR count). The Bertz CT molecular complexity index is 1470. The molecule has 1 aromatic heterocycles. The largest absolute Gasteiger partial charge is 0.325 e. The van der Waals surface area contributed by atoms with Crippen LogP contribution in [0.3, 0.4) is 0 Å². The average molecular weight is 567 g/mol. The third kappa shape index (κ3) is 5.01. The first-order chi connectivity index (χ1) is 19.2. The first-order valence-corrected chi connectivity index (χ1v) is 17.0. The Morgan fingerprint density at radius 3 is 2.27 bits per heavy atom. The van der Waals surface area contributed by atoms with Crippen LogP contribution in [0.1, 0.15) is 76.7 Å². The lowest BCUT2D eigenvalue weighted by atomic mass is 9.81. The first-order valence-electron chi connectivity index (χ1n) is 15.1. The number of hydrogen-bond acceptors (Lipinski definition) is 5. The molecule has 3 aliphatic rings. The summed E-state index contributed by atoms with van der Waals surface area (Å²) in [5, 5.41) is 0. The summed E-state index contributed by atoms with van der Waals surface area (Å²) in [6, 6.07) is 13.3. The second-order valence-electron chi connectivity index (χ2n) is 12.5. The monoisotopic (exact) mass is 566 g/mol. The van der Waals surface area contributed by atoms with Gasteiger partial charge >= 0.3 is 0 Å². The maximum absolute atomic E-state index is 16.1. The van der Waals surface area contributed by atoms with E-state index in [-0.39, 0.29) is 16.6 Å². The topological polar surface area (TPSA) is 58.4 Å². The highest BCUT2D eigenvalue weighted by molar-refractivity contribution is 7.90. The summed E-state index contributed by atoms with van der Waals surface area (Å²) in [6.45, 7) is 6.85. The van der Waals surface area contributed by atoms with E-state index >= 15 is 4.39 Å². The second kappa shape index (κ2) is 10.8. The van der Waals surface area contributed by atoms with Gasteiger partial charge in [0.05, 0.1) is 10.4 Å². The third-order valence-corrected chi connectivity index (χ3v) is 11.2. The minimum atomic E-state index is -3.28. The molecule has 8 heteroatoms. The zero-order chi connectivity index (χ0) is 28.2. The van der Waals surface area contributed by atoms with E-state index < -0.39 is 9.84 Å². The zero-order valence-electron chi connectivity index (χ0n) is 24.3. The molecule has 0 radical (unpaired) electrons. The summed E-state index contributed by atoms with van der Waals surface area (Å²) in [5.41, 5.74) is 2.71. The fourth-order valence-electron chi connectivity index (χ4n) is 7.70. The van der Waals surface area contributed by atoms with Crippen molar-refractivity contribution in [2.24, 2.45) is 7.05 Å². The fourth-order valence-corrected chi connectivity index (χ4v) is 8.33. The van der Waals surface area contributed by atoms with Gasteiger partial charge in [-0.05, 0) is 107 Å². The lowest BCUT2D eigenvalue weighted by Crippen LogP contribution is -2.59. The molecule has 3 aromatic rings. The Labute approximate surface area is 238 Å². The smallest absolute Gasteiger partial charge is 0.175 e. The minimum absolute atomic E-state index is 0.168. The third-order valence-electron chi connectivity index (χ3n) is 10.1. The van der Waals surface area contributed by atoms with Gasteiger partial charge < -0.3 is 9.47 Å². The van der Waals surface area contributed by atoms with E-state index in [0.29, 0.717) is 35.0 Å². The van der Waals surface area contributed by atoms with Gasteiger partial charge in [0.2, 0.25) is 0 Å². The predicted octanol–water partition coefficient (Wildman–Crippen LogP) is 6.15. The van der Waals surface area contributed by atoms with Gasteiger partial charge in [0.15, 0.2) is 15.7 Å². The van der Waals surface area contributed by atoms with E-state index in [9.17, 15) is 8.42 Å². The summed E-state index contributed by atoms with van der Waals surface area (Å²) >= 11 is 0. The van der Waals surface area contributed by atoms with Crippen LogP contribution in [-0.2, 0) is 16.9 Å². The molecule has 2 aromatic carbocycles. The Morgan fingerprint density at radius 2 is 1.68 bits per heavy atom. The van der Waals surface area contributed by atoms with E-state index in [1.54, 1.807) is 28.8 Å². The molecule has 6 nitrogen and oxygen atoms in total. The van der Waals surface area contributed by atoms with Crippen LogP contribution in [0.5, 0.6) is 0 Å². The number of rotatable bonds is 6. The van der Waals surface area contributed by atoms with Crippen molar-refractivity contribution in [3.8, 4) is 11.4 Å². The van der Waals surface area contributed by atoms with E-state index in [0.717, 1.165) is 43.1 Å². The van der Waals surface area contributed by atoms with Crippen molar-refractivity contribution in [1.82, 2.24) is 19.4 Å². The van der Waals surface area contributed by atoms with E-state index in [2.05, 4.69) is 23.6 Å². The molecular weight excluding hydrogens is 523 g/mol. The average Bonchev–Trinajstić information content (AvgIpc) is 3.25. The number of imidazole rings is 1. The predicted molar refractivity (Wildman–Crippen MR) is 159 cm³/mol. The summed E-state index contributed by atoms with van der Waals surface area (Å²) in [6.07, 6.45) is 11.0. The number of aryl methyl sites for hydroxylation is 1. The number of sulfone groups is 1. The van der Waals surface area contributed by atoms with Crippen LogP contribution in [0.25, 0.3) is 22.4 Å². The molecule has 0 spiro atoms. The van der Waals surface area contributed by atoms with Crippen LogP contribution in [0.4, 0.5) is 4.39 Å². The van der Waals surface area contributed by atoms with Crippen LogP contribution >= 0.6 is 0 Å². The van der Waals surface area contributed by atoms with Crippen LogP contribution < -0.4 is 0 Å². The molecule has 3 fully saturated rings. The Balaban J connectivity index is 1.17. The summed E-state index contributed by atoms with van der Waals surface area (Å²) < 4.78 is 41.6. The lowest BCUT2D eigenvalue weighted by molar-refractivity contribution is -0.0296. The highest BCUT2D eigenvalue weighted by Crippen LogP contribution is 2.39. The maximum atomic E-state index is 16.1. The summed E-state index contributed by atoms with van der Waals surface area (Å²) in [7, 11) is -1.44. The molecular formula is C32H43FN4O2S. The standard InChI is InChI=1S/C32H43FN4O2S/c1-5-24-20-26(19-21(2)37(24)25-7-6-8-25)36-17-15-22(16-18-36)28-13-14-29-31(30(28)33)35(3)32(34-29)23-9-11-27(12-10-23)40(4,38)39/h9-14,21-22,24-26H,5-8,15-20H2,1-4H3. The van der Waals surface area contributed by atoms with Crippen molar-refractivity contribution in [1.29, 1.82) is 0 Å². The van der Waals surface area contributed by atoms with Crippen molar-refractivity contribution in [3.05, 3.63) is 47.8 Å². The molecule has 0 N–H and O–H groups in total. The van der Waals surface area contributed by atoms with Crippen LogP contribution in [0.2, 0.25) is 0 Å². The van der Waals surface area contributed by atoms with Crippen molar-refractivity contribution in [3.63, 3.8) is 0 Å². The van der Waals surface area contributed by atoms with Gasteiger partial charge in [-0.1, -0.05) is 19.4 Å². The van der Waals surface area contributed by atoms with Gasteiger partial charge in [-0.3, -0.25) is 4.90 Å². The number of halogens is 1. The Morgan fingerprint density at radius 1 is 0.975 bits per heavy atom. The Hall–Kier alpha value is -2.29. The van der Waals surface area contributed by atoms with E-state index in [4.69, 9.17) is 4.98 Å². The van der Waals surface area contributed by atoms with Gasteiger partial charge in [-0.2, -0.15) is 0 Å². The fraction of sp³-hybridized carbons (Fsp3) is 0.594. The number of nitrogens with zero attached hydrogens (tertiary/aromatic N) is 4. The molecule has 1 saturated carbocycles. The molecule has 0 amide bonds. The van der Waals surface area contributed by atoms with Crippen LogP contribution in [-0.4, -0.2) is 71.3 Å². The van der Waals surface area contributed by atoms with E-state index in [1.807, 2.05) is 19.2 Å². The molecule has 3 unspecified atom stereocenters. The van der Waals surface area contributed by atoms with Crippen LogP contribution in [0, 0.1) is 5.82 Å². The van der Waals surface area contributed by atoms with Crippen molar-refractivity contribution in [2.75, 3.05) is 19.3 Å². The van der Waals surface area contributed by atoms with Crippen molar-refractivity contribution >= 4 is 20.9 Å². The molecule has 0 bridgehead atoms. The molecule has 1 aliphatic carbocycles. The van der Waals surface area contributed by atoms with Crippen molar-refractivity contribution in [2.45, 2.75) is 100 Å². The molecule has 2 saturated heterocycles. The summed E-state index contributed by atoms with van der Waals surface area (Å²) in [5.74, 6) is 0.676. The number of likely N-dealkylation sites (tertiary alicyclic amines) is 2. The van der Waals surface area contributed by atoms with Gasteiger partial charge in [0.1, 0.15) is 11.3 Å². The quantitative estimate of drug-likeness (QED) is 0.358. The number of piperidine rings is 2. The number of aromatic nitrogens is 2. The summed E-state index contributed by atoms with van der Waals surface area (Å²) in [4.78, 5) is 10.5. The molecule has 40 heavy (non-hydrogen) atoms. The first kappa shape index (κ1) is 27.9. The van der Waals surface area contributed by atoms with Crippen molar-refractivity contribution < 1.29 is 12.8 Å². The van der Waals surface area contributed by atoms with Gasteiger partial charge in [0.25, 0.3) is 0 Å². The highest BCUT2D eigenvalue weighted by Gasteiger charge is 2.41. The number of benzene rings is 2. The lowest BCUT2D eigenvalue weighted by Gasteiger charge is -2.53. The maximum Gasteiger partial charge on any atom is 0.175 e.